The molecular formula is C25H32N4O3. The van der Waals surface area contributed by atoms with Crippen molar-refractivity contribution in [2.24, 2.45) is 0 Å². The molecule has 1 atom stereocenters. The summed E-state index contributed by atoms with van der Waals surface area (Å²) in [6.45, 7) is 8.35. The summed E-state index contributed by atoms with van der Waals surface area (Å²) in [5, 5.41) is 2.98. The highest BCUT2D eigenvalue weighted by molar-refractivity contribution is 6.03. The van der Waals surface area contributed by atoms with Gasteiger partial charge in [-0.2, -0.15) is 0 Å². The molecular weight excluding hydrogens is 404 g/mol. The third kappa shape index (κ3) is 5.47. The summed E-state index contributed by atoms with van der Waals surface area (Å²) in [6.07, 6.45) is 0.0338. The second kappa shape index (κ2) is 10.6. The van der Waals surface area contributed by atoms with Gasteiger partial charge in [-0.05, 0) is 24.1 Å². The second-order valence-electron chi connectivity index (χ2n) is 8.36. The van der Waals surface area contributed by atoms with Gasteiger partial charge in [0.05, 0.1) is 5.69 Å². The van der Waals surface area contributed by atoms with E-state index in [4.69, 9.17) is 4.74 Å². The quantitative estimate of drug-likeness (QED) is 0.687. The van der Waals surface area contributed by atoms with Crippen LogP contribution in [0.15, 0.2) is 54.6 Å². The van der Waals surface area contributed by atoms with Crippen LogP contribution >= 0.6 is 0 Å². The first kappa shape index (κ1) is 22.3. The van der Waals surface area contributed by atoms with E-state index in [1.54, 1.807) is 4.90 Å². The van der Waals surface area contributed by atoms with E-state index in [1.165, 1.54) is 5.56 Å². The summed E-state index contributed by atoms with van der Waals surface area (Å²) >= 11 is 0. The van der Waals surface area contributed by atoms with Crippen LogP contribution in [0.3, 0.4) is 0 Å². The molecule has 0 spiro atoms. The molecule has 32 heavy (non-hydrogen) atoms. The van der Waals surface area contributed by atoms with Crippen molar-refractivity contribution in [3.63, 3.8) is 0 Å². The molecule has 2 amide bonds. The number of ether oxygens (including phenoxy) is 1. The monoisotopic (exact) mass is 436 g/mol. The third-order valence-corrected chi connectivity index (χ3v) is 6.10. The Morgan fingerprint density at radius 2 is 1.69 bits per heavy atom. The molecule has 1 fully saturated rings. The van der Waals surface area contributed by atoms with Gasteiger partial charge in [-0.25, -0.2) is 0 Å². The summed E-state index contributed by atoms with van der Waals surface area (Å²) in [4.78, 5) is 31.7. The maximum absolute atomic E-state index is 12.7. The molecule has 0 saturated carbocycles. The number of amides is 2. The van der Waals surface area contributed by atoms with E-state index in [9.17, 15) is 9.59 Å². The molecule has 2 aromatic rings. The van der Waals surface area contributed by atoms with Crippen LogP contribution in [0.5, 0.6) is 5.75 Å². The molecule has 2 aliphatic rings. The Labute approximate surface area is 189 Å². The number of anilines is 1. The Hall–Kier alpha value is -2.90. The molecule has 7 nitrogen and oxygen atoms in total. The van der Waals surface area contributed by atoms with E-state index in [0.29, 0.717) is 24.4 Å². The topological polar surface area (TPSA) is 65.1 Å². The number of fused-ring (bicyclic) bond motifs is 1. The number of nitrogens with one attached hydrogen (secondary N) is 1. The Kier molecular flexibility index (Phi) is 7.39. The van der Waals surface area contributed by atoms with Crippen molar-refractivity contribution >= 4 is 17.5 Å². The van der Waals surface area contributed by atoms with Gasteiger partial charge in [0.25, 0.3) is 5.91 Å². The second-order valence-corrected chi connectivity index (χ2v) is 8.36. The van der Waals surface area contributed by atoms with E-state index in [2.05, 4.69) is 39.4 Å². The maximum Gasteiger partial charge on any atom is 0.268 e. The van der Waals surface area contributed by atoms with Crippen molar-refractivity contribution in [3.05, 3.63) is 60.2 Å². The lowest BCUT2D eigenvalue weighted by molar-refractivity contribution is -0.129. The van der Waals surface area contributed by atoms with E-state index in [1.807, 2.05) is 37.3 Å². The van der Waals surface area contributed by atoms with Gasteiger partial charge in [-0.3, -0.25) is 24.3 Å². The highest BCUT2D eigenvalue weighted by atomic mass is 16.5. The number of carbonyl (C=O) groups is 2. The predicted octanol–water partition coefficient (Wildman–Crippen LogP) is 2.12. The molecule has 0 unspecified atom stereocenters. The average molecular weight is 437 g/mol. The molecule has 170 valence electrons. The molecule has 0 aromatic heterocycles. The molecule has 2 aliphatic heterocycles. The van der Waals surface area contributed by atoms with Gasteiger partial charge in [0.15, 0.2) is 6.10 Å². The minimum absolute atomic E-state index is 0.0144. The number of benzene rings is 2. The number of hydrogen-bond donors (Lipinski definition) is 1. The molecule has 0 bridgehead atoms. The van der Waals surface area contributed by atoms with E-state index >= 15 is 0 Å². The van der Waals surface area contributed by atoms with Crippen molar-refractivity contribution in [3.8, 4) is 5.75 Å². The minimum atomic E-state index is -0.537. The molecule has 7 heteroatoms. The number of nitrogens with zero attached hydrogens (tertiary/aromatic N) is 3. The minimum Gasteiger partial charge on any atom is -0.478 e. The van der Waals surface area contributed by atoms with Gasteiger partial charge in [0.1, 0.15) is 12.3 Å². The fraction of sp³-hybridized carbons (Fsp3) is 0.440. The SMILES string of the molecule is CC[C@H]1Oc2ccccc2N(CC(=O)NCCN2CCN(Cc3ccccc3)CC2)C1=O. The van der Waals surface area contributed by atoms with Crippen LogP contribution in [0, 0.1) is 0 Å². The summed E-state index contributed by atoms with van der Waals surface area (Å²) in [5.41, 5.74) is 2.00. The van der Waals surface area contributed by atoms with Gasteiger partial charge >= 0.3 is 0 Å². The zero-order valence-corrected chi connectivity index (χ0v) is 18.7. The number of piperazine rings is 1. The van der Waals surface area contributed by atoms with Gasteiger partial charge in [-0.1, -0.05) is 49.4 Å². The first-order valence-corrected chi connectivity index (χ1v) is 11.5. The summed E-state index contributed by atoms with van der Waals surface area (Å²) in [6, 6.07) is 17.9. The van der Waals surface area contributed by atoms with Crippen molar-refractivity contribution in [2.45, 2.75) is 26.0 Å². The first-order chi connectivity index (χ1) is 15.6. The molecule has 0 radical (unpaired) electrons. The Morgan fingerprint density at radius 1 is 1.00 bits per heavy atom. The standard InChI is InChI=1S/C25H32N4O3/c1-2-22-25(31)29(21-10-6-7-11-23(21)32-22)19-24(30)26-12-13-27-14-16-28(17-15-27)18-20-8-4-3-5-9-20/h3-11,22H,2,12-19H2,1H3,(H,26,30)/t22-/m1/s1. The highest BCUT2D eigenvalue weighted by Crippen LogP contribution is 2.34. The molecule has 2 aromatic carbocycles. The lowest BCUT2D eigenvalue weighted by Gasteiger charge is -2.35. The fourth-order valence-corrected chi connectivity index (χ4v) is 4.26. The average Bonchev–Trinajstić information content (AvgIpc) is 2.82. The van der Waals surface area contributed by atoms with Crippen LogP contribution in [0.2, 0.25) is 0 Å². The maximum atomic E-state index is 12.7. The van der Waals surface area contributed by atoms with Gasteiger partial charge < -0.3 is 10.1 Å². The summed E-state index contributed by atoms with van der Waals surface area (Å²) in [7, 11) is 0. The Balaban J connectivity index is 1.21. The van der Waals surface area contributed by atoms with Crippen molar-refractivity contribution in [1.82, 2.24) is 15.1 Å². The molecule has 4 rings (SSSR count). The van der Waals surface area contributed by atoms with E-state index in [0.717, 1.165) is 39.3 Å². The van der Waals surface area contributed by atoms with Crippen LogP contribution in [-0.4, -0.2) is 73.5 Å². The Bertz CT molecular complexity index is 912. The van der Waals surface area contributed by atoms with Crippen molar-refractivity contribution < 1.29 is 14.3 Å². The van der Waals surface area contributed by atoms with Crippen LogP contribution in [0.1, 0.15) is 18.9 Å². The molecule has 0 aliphatic carbocycles. The van der Waals surface area contributed by atoms with Crippen LogP contribution in [-0.2, 0) is 16.1 Å². The fourth-order valence-electron chi connectivity index (χ4n) is 4.26. The van der Waals surface area contributed by atoms with Gasteiger partial charge in [0.2, 0.25) is 5.91 Å². The number of rotatable bonds is 8. The normalized spacial score (nSPS) is 19.3. The number of para-hydroxylation sites is 2. The van der Waals surface area contributed by atoms with Crippen molar-refractivity contribution in [2.75, 3.05) is 50.7 Å². The molecule has 1 saturated heterocycles. The number of hydrogen-bond acceptors (Lipinski definition) is 5. The zero-order chi connectivity index (χ0) is 22.3. The largest absolute Gasteiger partial charge is 0.478 e. The summed E-state index contributed by atoms with van der Waals surface area (Å²) in [5.74, 6) is 0.351. The molecule has 1 N–H and O–H groups in total. The molecule has 2 heterocycles. The Morgan fingerprint density at radius 3 is 2.44 bits per heavy atom. The number of carbonyl (C=O) groups excluding carboxylic acids is 2. The van der Waals surface area contributed by atoms with Crippen molar-refractivity contribution in [1.29, 1.82) is 0 Å². The summed E-state index contributed by atoms with van der Waals surface area (Å²) < 4.78 is 5.78. The van der Waals surface area contributed by atoms with Crippen LogP contribution < -0.4 is 15.0 Å². The predicted molar refractivity (Wildman–Crippen MR) is 125 cm³/mol. The van der Waals surface area contributed by atoms with E-state index < -0.39 is 6.10 Å². The smallest absolute Gasteiger partial charge is 0.268 e. The van der Waals surface area contributed by atoms with Crippen LogP contribution in [0.25, 0.3) is 0 Å². The lowest BCUT2D eigenvalue weighted by Crippen LogP contribution is -2.51. The van der Waals surface area contributed by atoms with Gasteiger partial charge in [-0.15, -0.1) is 0 Å². The first-order valence-electron chi connectivity index (χ1n) is 11.5. The highest BCUT2D eigenvalue weighted by Gasteiger charge is 2.34. The lowest BCUT2D eigenvalue weighted by atomic mass is 10.1. The van der Waals surface area contributed by atoms with Gasteiger partial charge in [0, 0.05) is 45.8 Å². The zero-order valence-electron chi connectivity index (χ0n) is 18.7. The third-order valence-electron chi connectivity index (χ3n) is 6.10. The van der Waals surface area contributed by atoms with E-state index in [-0.39, 0.29) is 18.4 Å². The van der Waals surface area contributed by atoms with Crippen LogP contribution in [0.4, 0.5) is 5.69 Å².